The Hall–Kier alpha value is -2.16. The lowest BCUT2D eigenvalue weighted by molar-refractivity contribution is 0.459. The molecule has 5 heteroatoms. The van der Waals surface area contributed by atoms with Gasteiger partial charge in [-0.2, -0.15) is 5.26 Å². The van der Waals surface area contributed by atoms with Crippen LogP contribution >= 0.6 is 27.3 Å². The summed E-state index contributed by atoms with van der Waals surface area (Å²) in [6.07, 6.45) is 0. The van der Waals surface area contributed by atoms with E-state index >= 15 is 0 Å². The van der Waals surface area contributed by atoms with Crippen LogP contribution in [0.4, 0.5) is 0 Å². The van der Waals surface area contributed by atoms with Gasteiger partial charge in [-0.25, -0.2) is 4.98 Å². The lowest BCUT2D eigenvalue weighted by Gasteiger charge is -1.97. The Labute approximate surface area is 134 Å². The number of benzene rings is 2. The Kier molecular flexibility index (Phi) is 3.74. The van der Waals surface area contributed by atoms with E-state index in [0.29, 0.717) is 10.6 Å². The van der Waals surface area contributed by atoms with Crippen LogP contribution in [0, 0.1) is 11.3 Å². The van der Waals surface area contributed by atoms with E-state index in [2.05, 4.69) is 27.0 Å². The summed E-state index contributed by atoms with van der Waals surface area (Å²) in [7, 11) is 0. The van der Waals surface area contributed by atoms with Crippen molar-refractivity contribution < 1.29 is 5.11 Å². The molecule has 0 spiro atoms. The van der Waals surface area contributed by atoms with Crippen LogP contribution in [0.1, 0.15) is 5.56 Å². The molecule has 2 aromatic carbocycles. The predicted molar refractivity (Wildman–Crippen MR) is 87.1 cm³/mol. The molecule has 0 bridgehead atoms. The number of nitrogens with zero attached hydrogens (tertiary/aromatic N) is 2. The summed E-state index contributed by atoms with van der Waals surface area (Å²) in [5.41, 5.74) is 2.32. The minimum atomic E-state index is 0.0136. The third kappa shape index (κ3) is 2.82. The maximum absolute atomic E-state index is 10.1. The lowest BCUT2D eigenvalue weighted by atomic mass is 10.1. The molecule has 0 saturated heterocycles. The molecule has 1 aromatic heterocycles. The zero-order chi connectivity index (χ0) is 14.8. The number of rotatable bonds is 2. The van der Waals surface area contributed by atoms with Gasteiger partial charge >= 0.3 is 0 Å². The van der Waals surface area contributed by atoms with Crippen molar-refractivity contribution in [1.29, 1.82) is 5.26 Å². The molecule has 102 valence electrons. The molecule has 0 saturated carbocycles. The van der Waals surface area contributed by atoms with Crippen molar-refractivity contribution >= 4 is 27.3 Å². The van der Waals surface area contributed by atoms with Crippen molar-refractivity contribution in [3.05, 3.63) is 58.6 Å². The number of aromatic nitrogens is 1. The smallest absolute Gasteiger partial charge is 0.230 e. The van der Waals surface area contributed by atoms with E-state index in [4.69, 9.17) is 5.26 Å². The van der Waals surface area contributed by atoms with E-state index in [9.17, 15) is 5.11 Å². The number of hydrogen-bond donors (Lipinski definition) is 1. The topological polar surface area (TPSA) is 56.9 Å². The minimum absolute atomic E-state index is 0.0136. The molecule has 3 rings (SSSR count). The van der Waals surface area contributed by atoms with Crippen LogP contribution in [0.15, 0.2) is 53.0 Å². The second-order valence-electron chi connectivity index (χ2n) is 4.37. The second-order valence-corrected chi connectivity index (χ2v) is 6.29. The zero-order valence-corrected chi connectivity index (χ0v) is 13.1. The number of thiazole rings is 1. The van der Waals surface area contributed by atoms with Gasteiger partial charge in [-0.05, 0) is 29.8 Å². The largest absolute Gasteiger partial charge is 0.492 e. The summed E-state index contributed by atoms with van der Waals surface area (Å²) in [6, 6.07) is 17.0. The molecule has 3 nitrogen and oxygen atoms in total. The van der Waals surface area contributed by atoms with Crippen LogP contribution < -0.4 is 0 Å². The van der Waals surface area contributed by atoms with Gasteiger partial charge in [0.25, 0.3) is 0 Å². The van der Waals surface area contributed by atoms with Gasteiger partial charge in [0.1, 0.15) is 5.01 Å². The highest BCUT2D eigenvalue weighted by Crippen LogP contribution is 2.39. The molecule has 0 fully saturated rings. The molecule has 0 radical (unpaired) electrons. The van der Waals surface area contributed by atoms with Gasteiger partial charge in [-0.3, -0.25) is 0 Å². The molecule has 0 atom stereocenters. The van der Waals surface area contributed by atoms with Crippen LogP contribution in [-0.2, 0) is 0 Å². The van der Waals surface area contributed by atoms with Gasteiger partial charge in [-0.15, -0.1) is 11.3 Å². The lowest BCUT2D eigenvalue weighted by Crippen LogP contribution is -1.78. The van der Waals surface area contributed by atoms with Gasteiger partial charge in [0, 0.05) is 10.0 Å². The number of aromatic hydroxyl groups is 1. The van der Waals surface area contributed by atoms with Gasteiger partial charge < -0.3 is 5.11 Å². The highest BCUT2D eigenvalue weighted by atomic mass is 79.9. The van der Waals surface area contributed by atoms with Crippen molar-refractivity contribution in [3.63, 3.8) is 0 Å². The third-order valence-electron chi connectivity index (χ3n) is 2.95. The van der Waals surface area contributed by atoms with E-state index in [1.54, 1.807) is 12.1 Å². The SMILES string of the molecule is N#Cc1cccc(-c2nc(O)c(-c3ccc(Br)cc3)s2)c1. The first-order chi connectivity index (χ1) is 10.2. The number of nitriles is 1. The molecule has 21 heavy (non-hydrogen) atoms. The molecule has 0 aliphatic rings. The summed E-state index contributed by atoms with van der Waals surface area (Å²) < 4.78 is 0.984. The van der Waals surface area contributed by atoms with E-state index < -0.39 is 0 Å². The van der Waals surface area contributed by atoms with E-state index in [1.807, 2.05) is 36.4 Å². The molecule has 0 amide bonds. The number of hydrogen-bond acceptors (Lipinski definition) is 4. The Balaban J connectivity index is 2.05. The van der Waals surface area contributed by atoms with Gasteiger partial charge in [-0.1, -0.05) is 40.2 Å². The maximum atomic E-state index is 10.1. The molecule has 1 heterocycles. The van der Waals surface area contributed by atoms with Crippen LogP contribution in [0.5, 0.6) is 5.88 Å². The monoisotopic (exact) mass is 356 g/mol. The number of halogens is 1. The van der Waals surface area contributed by atoms with Crippen molar-refractivity contribution in [3.8, 4) is 33.0 Å². The fourth-order valence-electron chi connectivity index (χ4n) is 1.95. The molecule has 0 aliphatic carbocycles. The first kappa shape index (κ1) is 13.8. The summed E-state index contributed by atoms with van der Waals surface area (Å²) in [5.74, 6) is 0.0136. The molecular formula is C16H9BrN2OS. The van der Waals surface area contributed by atoms with Crippen molar-refractivity contribution in [2.45, 2.75) is 0 Å². The average Bonchev–Trinajstić information content (AvgIpc) is 2.90. The van der Waals surface area contributed by atoms with E-state index in [0.717, 1.165) is 20.5 Å². The molecule has 3 aromatic rings. The standard InChI is InChI=1S/C16H9BrN2OS/c17-13-6-4-11(5-7-13)14-15(20)19-16(21-14)12-3-1-2-10(8-12)9-18/h1-8,20H. The summed E-state index contributed by atoms with van der Waals surface area (Å²) >= 11 is 4.79. The average molecular weight is 357 g/mol. The Morgan fingerprint density at radius 1 is 1.10 bits per heavy atom. The summed E-state index contributed by atoms with van der Waals surface area (Å²) in [6.45, 7) is 0. The zero-order valence-electron chi connectivity index (χ0n) is 10.7. The van der Waals surface area contributed by atoms with Crippen molar-refractivity contribution in [1.82, 2.24) is 4.98 Å². The highest BCUT2D eigenvalue weighted by molar-refractivity contribution is 9.10. The summed E-state index contributed by atoms with van der Waals surface area (Å²) in [4.78, 5) is 4.93. The van der Waals surface area contributed by atoms with Crippen molar-refractivity contribution in [2.24, 2.45) is 0 Å². The molecule has 0 aliphatic heterocycles. The van der Waals surface area contributed by atoms with Gasteiger partial charge in [0.15, 0.2) is 0 Å². The quantitative estimate of drug-likeness (QED) is 0.716. The Morgan fingerprint density at radius 3 is 2.57 bits per heavy atom. The normalized spacial score (nSPS) is 10.3. The minimum Gasteiger partial charge on any atom is -0.492 e. The highest BCUT2D eigenvalue weighted by Gasteiger charge is 2.13. The predicted octanol–water partition coefficient (Wildman–Crippen LogP) is 4.82. The van der Waals surface area contributed by atoms with E-state index in [1.165, 1.54) is 11.3 Å². The first-order valence-electron chi connectivity index (χ1n) is 6.13. The summed E-state index contributed by atoms with van der Waals surface area (Å²) in [5, 5.41) is 19.7. The first-order valence-corrected chi connectivity index (χ1v) is 7.74. The van der Waals surface area contributed by atoms with Crippen LogP contribution in [0.2, 0.25) is 0 Å². The molecule has 1 N–H and O–H groups in total. The fraction of sp³-hybridized carbons (Fsp3) is 0. The fourth-order valence-corrected chi connectivity index (χ4v) is 3.17. The molecule has 0 unspecified atom stereocenters. The molecular weight excluding hydrogens is 348 g/mol. The Bertz CT molecular complexity index is 834. The maximum Gasteiger partial charge on any atom is 0.230 e. The van der Waals surface area contributed by atoms with E-state index in [-0.39, 0.29) is 5.88 Å². The van der Waals surface area contributed by atoms with Gasteiger partial charge in [0.2, 0.25) is 5.88 Å². The van der Waals surface area contributed by atoms with Crippen LogP contribution in [-0.4, -0.2) is 10.1 Å². The second kappa shape index (κ2) is 5.68. The van der Waals surface area contributed by atoms with Crippen molar-refractivity contribution in [2.75, 3.05) is 0 Å². The van der Waals surface area contributed by atoms with Crippen LogP contribution in [0.3, 0.4) is 0 Å². The third-order valence-corrected chi connectivity index (χ3v) is 4.63. The Morgan fingerprint density at radius 2 is 1.86 bits per heavy atom. The van der Waals surface area contributed by atoms with Gasteiger partial charge in [0.05, 0.1) is 16.5 Å². The van der Waals surface area contributed by atoms with Crippen LogP contribution in [0.25, 0.3) is 21.0 Å².